The Morgan fingerprint density at radius 3 is 2.17 bits per heavy atom. The predicted molar refractivity (Wildman–Crippen MR) is 118 cm³/mol. The number of hydrogen-bond acceptors (Lipinski definition) is 3. The molecular weight excluding hydrogens is 387 g/mol. The number of hydrogen-bond donors (Lipinski definition) is 1. The Labute approximate surface area is 175 Å². The van der Waals surface area contributed by atoms with E-state index in [1.165, 1.54) is 12.1 Å². The lowest BCUT2D eigenvalue weighted by molar-refractivity contribution is 0.352. The van der Waals surface area contributed by atoms with Crippen molar-refractivity contribution < 1.29 is 13.9 Å². The summed E-state index contributed by atoms with van der Waals surface area (Å²) in [6.45, 7) is 1.20. The molecule has 0 atom stereocenters. The van der Waals surface area contributed by atoms with Gasteiger partial charge in [-0.25, -0.2) is 4.39 Å². The molecular formula is C23H23FN2O2S. The molecule has 0 aliphatic heterocycles. The fourth-order valence-electron chi connectivity index (χ4n) is 2.94. The van der Waals surface area contributed by atoms with Crippen LogP contribution in [0.1, 0.15) is 11.1 Å². The van der Waals surface area contributed by atoms with Gasteiger partial charge < -0.3 is 19.7 Å². The fraction of sp³-hybridized carbons (Fsp3) is 0.174. The molecule has 0 unspecified atom stereocenters. The minimum absolute atomic E-state index is 0.284. The lowest BCUT2D eigenvalue weighted by Crippen LogP contribution is -2.33. The van der Waals surface area contributed by atoms with Crippen molar-refractivity contribution in [2.24, 2.45) is 0 Å². The molecule has 0 aliphatic rings. The average molecular weight is 411 g/mol. The Hall–Kier alpha value is -3.12. The van der Waals surface area contributed by atoms with Gasteiger partial charge in [-0.2, -0.15) is 0 Å². The van der Waals surface area contributed by atoms with Crippen LogP contribution in [0.15, 0.2) is 72.8 Å². The van der Waals surface area contributed by atoms with E-state index in [-0.39, 0.29) is 5.82 Å². The van der Waals surface area contributed by atoms with Gasteiger partial charge in [0.1, 0.15) is 5.82 Å². The van der Waals surface area contributed by atoms with Gasteiger partial charge in [-0.3, -0.25) is 0 Å². The van der Waals surface area contributed by atoms with Crippen LogP contribution >= 0.6 is 12.2 Å². The maximum Gasteiger partial charge on any atom is 0.174 e. The summed E-state index contributed by atoms with van der Waals surface area (Å²) >= 11 is 5.66. The third kappa shape index (κ3) is 5.68. The first-order valence-electron chi connectivity index (χ1n) is 9.15. The van der Waals surface area contributed by atoms with E-state index in [4.69, 9.17) is 21.7 Å². The van der Waals surface area contributed by atoms with Crippen molar-refractivity contribution in [3.05, 3.63) is 89.7 Å². The van der Waals surface area contributed by atoms with Crippen LogP contribution in [-0.4, -0.2) is 24.2 Å². The van der Waals surface area contributed by atoms with E-state index in [1.54, 1.807) is 26.4 Å². The number of benzene rings is 3. The topological polar surface area (TPSA) is 33.7 Å². The molecule has 4 nitrogen and oxygen atoms in total. The highest BCUT2D eigenvalue weighted by Crippen LogP contribution is 2.28. The summed E-state index contributed by atoms with van der Waals surface area (Å²) in [5, 5.41) is 3.75. The zero-order chi connectivity index (χ0) is 20.6. The molecule has 150 valence electrons. The predicted octanol–water partition coefficient (Wildman–Crippen LogP) is 5.24. The number of methoxy groups -OCH3 is 2. The number of rotatable bonds is 7. The van der Waals surface area contributed by atoms with Crippen LogP contribution in [0.5, 0.6) is 11.5 Å². The molecule has 0 bridgehead atoms. The van der Waals surface area contributed by atoms with Crippen molar-refractivity contribution in [3.8, 4) is 11.5 Å². The van der Waals surface area contributed by atoms with Gasteiger partial charge in [-0.1, -0.05) is 36.4 Å². The summed E-state index contributed by atoms with van der Waals surface area (Å²) in [7, 11) is 3.23. The number of anilines is 1. The first kappa shape index (κ1) is 20.6. The van der Waals surface area contributed by atoms with E-state index in [2.05, 4.69) is 22.3 Å². The zero-order valence-electron chi connectivity index (χ0n) is 16.4. The van der Waals surface area contributed by atoms with Crippen LogP contribution < -0.4 is 14.8 Å². The Morgan fingerprint density at radius 2 is 1.52 bits per heavy atom. The second-order valence-corrected chi connectivity index (χ2v) is 6.85. The van der Waals surface area contributed by atoms with Gasteiger partial charge in [0.15, 0.2) is 16.6 Å². The molecule has 3 aromatic rings. The highest BCUT2D eigenvalue weighted by atomic mass is 32.1. The summed E-state index contributed by atoms with van der Waals surface area (Å²) in [6, 6.07) is 22.0. The molecule has 29 heavy (non-hydrogen) atoms. The van der Waals surface area contributed by atoms with Crippen molar-refractivity contribution in [1.82, 2.24) is 4.90 Å². The van der Waals surface area contributed by atoms with Crippen molar-refractivity contribution in [1.29, 1.82) is 0 Å². The summed E-state index contributed by atoms with van der Waals surface area (Å²) in [4.78, 5) is 2.05. The molecule has 0 spiro atoms. The minimum atomic E-state index is -0.284. The normalized spacial score (nSPS) is 10.3. The van der Waals surface area contributed by atoms with Gasteiger partial charge in [-0.05, 0) is 59.7 Å². The van der Waals surface area contributed by atoms with Crippen molar-refractivity contribution in [3.63, 3.8) is 0 Å². The Bertz CT molecular complexity index is 949. The van der Waals surface area contributed by atoms with Crippen LogP contribution in [0.25, 0.3) is 0 Å². The van der Waals surface area contributed by atoms with E-state index in [0.717, 1.165) is 16.8 Å². The second-order valence-electron chi connectivity index (χ2n) is 6.47. The number of halogens is 1. The summed E-state index contributed by atoms with van der Waals surface area (Å²) < 4.78 is 23.9. The zero-order valence-corrected chi connectivity index (χ0v) is 17.2. The third-order valence-electron chi connectivity index (χ3n) is 4.42. The van der Waals surface area contributed by atoms with Crippen LogP contribution in [0.2, 0.25) is 0 Å². The summed E-state index contributed by atoms with van der Waals surface area (Å²) in [6.07, 6.45) is 0. The van der Waals surface area contributed by atoms with Crippen LogP contribution in [-0.2, 0) is 13.1 Å². The molecule has 3 rings (SSSR count). The molecule has 0 saturated heterocycles. The van der Waals surface area contributed by atoms with Crippen LogP contribution in [0.4, 0.5) is 10.1 Å². The van der Waals surface area contributed by atoms with E-state index < -0.39 is 0 Å². The van der Waals surface area contributed by atoms with Gasteiger partial charge in [0.25, 0.3) is 0 Å². The molecule has 6 heteroatoms. The van der Waals surface area contributed by atoms with Gasteiger partial charge >= 0.3 is 0 Å². The monoisotopic (exact) mass is 410 g/mol. The van der Waals surface area contributed by atoms with Crippen molar-refractivity contribution in [2.45, 2.75) is 13.1 Å². The SMILES string of the molecule is COc1ccc(CN(Cc2ccccc2)C(=S)Nc2ccc(F)cc2)cc1OC. The largest absolute Gasteiger partial charge is 0.493 e. The summed E-state index contributed by atoms with van der Waals surface area (Å²) in [5.41, 5.74) is 2.90. The van der Waals surface area contributed by atoms with Crippen LogP contribution in [0, 0.1) is 5.82 Å². The molecule has 0 fully saturated rings. The van der Waals surface area contributed by atoms with E-state index in [0.29, 0.717) is 29.7 Å². The highest BCUT2D eigenvalue weighted by Gasteiger charge is 2.14. The van der Waals surface area contributed by atoms with Gasteiger partial charge in [0.05, 0.1) is 14.2 Å². The molecule has 0 heterocycles. The van der Waals surface area contributed by atoms with E-state index in [1.807, 2.05) is 36.4 Å². The lowest BCUT2D eigenvalue weighted by atomic mass is 10.1. The standard InChI is InChI=1S/C23H23FN2O2S/c1-27-21-13-8-18(14-22(21)28-2)16-26(15-17-6-4-3-5-7-17)23(29)25-20-11-9-19(24)10-12-20/h3-14H,15-16H2,1-2H3,(H,25,29). The first-order valence-corrected chi connectivity index (χ1v) is 9.56. The molecule has 0 aliphatic carbocycles. The minimum Gasteiger partial charge on any atom is -0.493 e. The van der Waals surface area contributed by atoms with Gasteiger partial charge in [0, 0.05) is 18.8 Å². The second kappa shape index (κ2) is 9.89. The average Bonchev–Trinajstić information content (AvgIpc) is 2.75. The Balaban J connectivity index is 1.82. The third-order valence-corrected chi connectivity index (χ3v) is 4.78. The Morgan fingerprint density at radius 1 is 0.862 bits per heavy atom. The molecule has 0 amide bonds. The molecule has 1 N–H and O–H groups in total. The molecule has 0 saturated carbocycles. The van der Waals surface area contributed by atoms with Crippen molar-refractivity contribution in [2.75, 3.05) is 19.5 Å². The van der Waals surface area contributed by atoms with E-state index in [9.17, 15) is 4.39 Å². The van der Waals surface area contributed by atoms with Crippen molar-refractivity contribution >= 4 is 23.0 Å². The maximum atomic E-state index is 13.2. The molecule has 3 aromatic carbocycles. The van der Waals surface area contributed by atoms with E-state index >= 15 is 0 Å². The number of nitrogens with one attached hydrogen (secondary N) is 1. The maximum absolute atomic E-state index is 13.2. The number of nitrogens with zero attached hydrogens (tertiary/aromatic N) is 1. The first-order chi connectivity index (χ1) is 14.1. The number of thiocarbonyl (C=S) groups is 1. The molecule has 0 aromatic heterocycles. The van der Waals surface area contributed by atoms with Gasteiger partial charge in [-0.15, -0.1) is 0 Å². The molecule has 0 radical (unpaired) electrons. The van der Waals surface area contributed by atoms with Gasteiger partial charge in [0.2, 0.25) is 0 Å². The lowest BCUT2D eigenvalue weighted by Gasteiger charge is -2.26. The Kier molecular flexibility index (Phi) is 7.03. The number of ether oxygens (including phenoxy) is 2. The summed E-state index contributed by atoms with van der Waals surface area (Å²) in [5.74, 6) is 1.06. The quantitative estimate of drug-likeness (QED) is 0.539. The smallest absolute Gasteiger partial charge is 0.174 e. The fourth-order valence-corrected chi connectivity index (χ4v) is 3.19. The highest BCUT2D eigenvalue weighted by molar-refractivity contribution is 7.80. The van der Waals surface area contributed by atoms with Crippen LogP contribution in [0.3, 0.4) is 0 Å².